The van der Waals surface area contributed by atoms with Gasteiger partial charge in [-0.05, 0) is 30.5 Å². The summed E-state index contributed by atoms with van der Waals surface area (Å²) in [6.07, 6.45) is 6.52. The van der Waals surface area contributed by atoms with Crippen LogP contribution in [-0.4, -0.2) is 4.98 Å². The third-order valence-electron chi connectivity index (χ3n) is 3.89. The SMILES string of the molecule is CCCCCCc1ccc2c(c1)[nH]c1ccccc12. The molecule has 1 aromatic heterocycles. The number of H-pyrrole nitrogens is 1. The summed E-state index contributed by atoms with van der Waals surface area (Å²) in [7, 11) is 0. The van der Waals surface area contributed by atoms with Crippen molar-refractivity contribution >= 4 is 21.8 Å². The van der Waals surface area contributed by atoms with Crippen molar-refractivity contribution in [3.05, 3.63) is 48.0 Å². The molecule has 3 aromatic rings. The standard InChI is InChI=1S/C18H21N/c1-2-3-4-5-8-14-11-12-16-15-9-6-7-10-17(15)19-18(16)13-14/h6-7,9-13,19H,2-5,8H2,1H3. The Morgan fingerprint density at radius 1 is 0.842 bits per heavy atom. The lowest BCUT2D eigenvalue weighted by Gasteiger charge is -2.01. The van der Waals surface area contributed by atoms with Crippen LogP contribution < -0.4 is 0 Å². The van der Waals surface area contributed by atoms with Crippen molar-refractivity contribution in [3.8, 4) is 0 Å². The van der Waals surface area contributed by atoms with Crippen molar-refractivity contribution in [2.24, 2.45) is 0 Å². The highest BCUT2D eigenvalue weighted by Crippen LogP contribution is 2.26. The molecule has 98 valence electrons. The van der Waals surface area contributed by atoms with Crippen LogP contribution >= 0.6 is 0 Å². The Morgan fingerprint density at radius 3 is 2.58 bits per heavy atom. The van der Waals surface area contributed by atoms with E-state index in [9.17, 15) is 0 Å². The first-order valence-electron chi connectivity index (χ1n) is 7.38. The van der Waals surface area contributed by atoms with E-state index in [1.165, 1.54) is 59.5 Å². The second-order valence-corrected chi connectivity index (χ2v) is 5.36. The maximum absolute atomic E-state index is 3.52. The fourth-order valence-corrected chi connectivity index (χ4v) is 2.81. The molecule has 19 heavy (non-hydrogen) atoms. The second-order valence-electron chi connectivity index (χ2n) is 5.36. The lowest BCUT2D eigenvalue weighted by molar-refractivity contribution is 0.667. The zero-order valence-corrected chi connectivity index (χ0v) is 11.6. The molecule has 0 spiro atoms. The van der Waals surface area contributed by atoms with Crippen LogP contribution in [0.2, 0.25) is 0 Å². The summed E-state index contributed by atoms with van der Waals surface area (Å²) in [5.41, 5.74) is 3.96. The van der Waals surface area contributed by atoms with Crippen LogP contribution in [0.3, 0.4) is 0 Å². The van der Waals surface area contributed by atoms with Crippen molar-refractivity contribution in [1.29, 1.82) is 0 Å². The first-order chi connectivity index (χ1) is 9.38. The van der Waals surface area contributed by atoms with E-state index in [-0.39, 0.29) is 0 Å². The van der Waals surface area contributed by atoms with Gasteiger partial charge in [0.1, 0.15) is 0 Å². The summed E-state index contributed by atoms with van der Waals surface area (Å²) in [6, 6.07) is 15.4. The van der Waals surface area contributed by atoms with E-state index in [0.717, 1.165) is 0 Å². The number of aromatic nitrogens is 1. The first-order valence-corrected chi connectivity index (χ1v) is 7.38. The van der Waals surface area contributed by atoms with Crippen LogP contribution in [0.5, 0.6) is 0 Å². The van der Waals surface area contributed by atoms with Gasteiger partial charge in [0.25, 0.3) is 0 Å². The Bertz CT molecular complexity index is 678. The third-order valence-corrected chi connectivity index (χ3v) is 3.89. The molecule has 3 rings (SSSR count). The molecule has 1 heterocycles. The third kappa shape index (κ3) is 2.51. The molecule has 0 aliphatic heterocycles. The second kappa shape index (κ2) is 5.48. The number of aryl methyl sites for hydroxylation is 1. The quantitative estimate of drug-likeness (QED) is 0.581. The number of benzene rings is 2. The van der Waals surface area contributed by atoms with Gasteiger partial charge in [-0.3, -0.25) is 0 Å². The van der Waals surface area contributed by atoms with Gasteiger partial charge in [-0.15, -0.1) is 0 Å². The maximum atomic E-state index is 3.52. The zero-order valence-electron chi connectivity index (χ0n) is 11.6. The van der Waals surface area contributed by atoms with Crippen molar-refractivity contribution < 1.29 is 0 Å². The van der Waals surface area contributed by atoms with E-state index in [0.29, 0.717) is 0 Å². The maximum Gasteiger partial charge on any atom is 0.0467 e. The van der Waals surface area contributed by atoms with E-state index < -0.39 is 0 Å². The van der Waals surface area contributed by atoms with Crippen LogP contribution in [0.25, 0.3) is 21.8 Å². The largest absolute Gasteiger partial charge is 0.355 e. The topological polar surface area (TPSA) is 15.8 Å². The van der Waals surface area contributed by atoms with Crippen LogP contribution in [-0.2, 0) is 6.42 Å². The minimum atomic E-state index is 1.20. The van der Waals surface area contributed by atoms with E-state index in [2.05, 4.69) is 54.4 Å². The van der Waals surface area contributed by atoms with Gasteiger partial charge in [0.05, 0.1) is 0 Å². The van der Waals surface area contributed by atoms with Crippen molar-refractivity contribution in [1.82, 2.24) is 4.98 Å². The fraction of sp³-hybridized carbons (Fsp3) is 0.333. The van der Waals surface area contributed by atoms with Gasteiger partial charge in [-0.25, -0.2) is 0 Å². The lowest BCUT2D eigenvalue weighted by Crippen LogP contribution is -1.85. The minimum Gasteiger partial charge on any atom is -0.355 e. The normalized spacial score (nSPS) is 11.4. The summed E-state index contributed by atoms with van der Waals surface area (Å²) in [4.78, 5) is 3.52. The predicted molar refractivity (Wildman–Crippen MR) is 83.7 cm³/mol. The van der Waals surface area contributed by atoms with Crippen LogP contribution in [0, 0.1) is 0 Å². The molecule has 0 amide bonds. The Morgan fingerprint density at radius 2 is 1.68 bits per heavy atom. The number of unbranched alkanes of at least 4 members (excludes halogenated alkanes) is 3. The summed E-state index contributed by atoms with van der Waals surface area (Å²) < 4.78 is 0. The van der Waals surface area contributed by atoms with Crippen LogP contribution in [0.15, 0.2) is 42.5 Å². The number of aromatic amines is 1. The van der Waals surface area contributed by atoms with E-state index >= 15 is 0 Å². The Hall–Kier alpha value is -1.76. The summed E-state index contributed by atoms with van der Waals surface area (Å²) >= 11 is 0. The number of hydrogen-bond acceptors (Lipinski definition) is 0. The molecule has 0 aliphatic carbocycles. The van der Waals surface area contributed by atoms with E-state index in [4.69, 9.17) is 0 Å². The minimum absolute atomic E-state index is 1.20. The molecular weight excluding hydrogens is 230 g/mol. The van der Waals surface area contributed by atoms with Crippen molar-refractivity contribution in [3.63, 3.8) is 0 Å². The molecule has 0 radical (unpaired) electrons. The van der Waals surface area contributed by atoms with Gasteiger partial charge in [0.15, 0.2) is 0 Å². The molecule has 0 atom stereocenters. The van der Waals surface area contributed by atoms with Crippen LogP contribution in [0.1, 0.15) is 38.2 Å². The molecule has 0 saturated carbocycles. The summed E-state index contributed by atoms with van der Waals surface area (Å²) in [5, 5.41) is 2.67. The number of para-hydroxylation sites is 1. The zero-order chi connectivity index (χ0) is 13.1. The molecular formula is C18H21N. The number of hydrogen-bond donors (Lipinski definition) is 1. The molecule has 0 aliphatic rings. The van der Waals surface area contributed by atoms with Crippen molar-refractivity contribution in [2.75, 3.05) is 0 Å². The fourth-order valence-electron chi connectivity index (χ4n) is 2.81. The molecule has 1 nitrogen and oxygen atoms in total. The molecule has 0 unspecified atom stereocenters. The average molecular weight is 251 g/mol. The lowest BCUT2D eigenvalue weighted by atomic mass is 10.0. The van der Waals surface area contributed by atoms with E-state index in [1.54, 1.807) is 0 Å². The highest BCUT2D eigenvalue weighted by atomic mass is 14.7. The number of rotatable bonds is 5. The molecule has 2 aromatic carbocycles. The van der Waals surface area contributed by atoms with Crippen molar-refractivity contribution in [2.45, 2.75) is 39.0 Å². The van der Waals surface area contributed by atoms with Gasteiger partial charge in [0, 0.05) is 21.8 Å². The van der Waals surface area contributed by atoms with Gasteiger partial charge in [0.2, 0.25) is 0 Å². The number of nitrogens with one attached hydrogen (secondary N) is 1. The van der Waals surface area contributed by atoms with Gasteiger partial charge in [-0.1, -0.05) is 56.5 Å². The highest BCUT2D eigenvalue weighted by Gasteiger charge is 2.04. The predicted octanol–water partition coefficient (Wildman–Crippen LogP) is 5.44. The smallest absolute Gasteiger partial charge is 0.0467 e. The summed E-state index contributed by atoms with van der Waals surface area (Å²) in [6.45, 7) is 2.26. The van der Waals surface area contributed by atoms with Gasteiger partial charge >= 0.3 is 0 Å². The van der Waals surface area contributed by atoms with E-state index in [1.807, 2.05) is 0 Å². The molecule has 0 saturated heterocycles. The Kier molecular flexibility index (Phi) is 3.54. The molecule has 1 heteroatoms. The Labute approximate surface area is 114 Å². The molecule has 0 fully saturated rings. The molecule has 0 bridgehead atoms. The monoisotopic (exact) mass is 251 g/mol. The van der Waals surface area contributed by atoms with Crippen LogP contribution in [0.4, 0.5) is 0 Å². The average Bonchev–Trinajstić information content (AvgIpc) is 2.81. The highest BCUT2D eigenvalue weighted by molar-refractivity contribution is 6.07. The Balaban J connectivity index is 1.86. The van der Waals surface area contributed by atoms with Gasteiger partial charge < -0.3 is 4.98 Å². The first kappa shape index (κ1) is 12.3. The molecule has 1 N–H and O–H groups in total. The summed E-state index contributed by atoms with van der Waals surface area (Å²) in [5.74, 6) is 0. The van der Waals surface area contributed by atoms with Gasteiger partial charge in [-0.2, -0.15) is 0 Å². The number of fused-ring (bicyclic) bond motifs is 3.